The van der Waals surface area contributed by atoms with Gasteiger partial charge in [-0.15, -0.1) is 0 Å². The fraction of sp³-hybridized carbons (Fsp3) is 0.125. The molecule has 3 nitrogen and oxygen atoms in total. The second-order valence-corrected chi connectivity index (χ2v) is 4.20. The topological polar surface area (TPSA) is 49.7 Å². The Hall–Kier alpha value is -2.42. The van der Waals surface area contributed by atoms with Gasteiger partial charge in [-0.1, -0.05) is 30.4 Å². The van der Waals surface area contributed by atoms with Gasteiger partial charge < -0.3 is 14.9 Å². The van der Waals surface area contributed by atoms with E-state index in [9.17, 15) is 10.2 Å². The molecule has 0 aliphatic carbocycles. The zero-order valence-electron chi connectivity index (χ0n) is 10.7. The van der Waals surface area contributed by atoms with Crippen LogP contribution in [0.15, 0.2) is 48.5 Å². The highest BCUT2D eigenvalue weighted by Crippen LogP contribution is 2.26. The molecular weight excluding hydrogens is 240 g/mol. The molecule has 0 radical (unpaired) electrons. The largest absolute Gasteiger partial charge is 0.508 e. The monoisotopic (exact) mass is 256 g/mol. The number of hydrogen-bond donors (Lipinski definition) is 2. The van der Waals surface area contributed by atoms with E-state index in [1.807, 2.05) is 30.4 Å². The summed E-state index contributed by atoms with van der Waals surface area (Å²) >= 11 is 0. The van der Waals surface area contributed by atoms with Crippen LogP contribution in [-0.2, 0) is 6.42 Å². The lowest BCUT2D eigenvalue weighted by atomic mass is 10.1. The summed E-state index contributed by atoms with van der Waals surface area (Å²) in [4.78, 5) is 0. The number of rotatable bonds is 4. The smallest absolute Gasteiger partial charge is 0.161 e. The minimum Gasteiger partial charge on any atom is -0.508 e. The van der Waals surface area contributed by atoms with E-state index in [1.54, 1.807) is 24.3 Å². The molecule has 0 aromatic heterocycles. The van der Waals surface area contributed by atoms with E-state index in [0.29, 0.717) is 5.75 Å². The molecule has 2 aromatic carbocycles. The minimum atomic E-state index is 0.137. The summed E-state index contributed by atoms with van der Waals surface area (Å²) in [5, 5.41) is 18.7. The maximum Gasteiger partial charge on any atom is 0.161 e. The third-order valence-electron chi connectivity index (χ3n) is 2.80. The van der Waals surface area contributed by atoms with Crippen LogP contribution in [0, 0.1) is 0 Å². The Bertz CT molecular complexity index is 571. The lowest BCUT2D eigenvalue weighted by Crippen LogP contribution is -1.84. The van der Waals surface area contributed by atoms with Crippen LogP contribution in [-0.4, -0.2) is 17.3 Å². The molecule has 0 aliphatic rings. The summed E-state index contributed by atoms with van der Waals surface area (Å²) < 4.78 is 5.05. The van der Waals surface area contributed by atoms with Crippen molar-refractivity contribution >= 4 is 6.08 Å². The predicted molar refractivity (Wildman–Crippen MR) is 75.5 cm³/mol. The Balaban J connectivity index is 2.04. The van der Waals surface area contributed by atoms with E-state index < -0.39 is 0 Å². The van der Waals surface area contributed by atoms with E-state index in [2.05, 4.69) is 0 Å². The standard InChI is InChI=1S/C16H16O3/c1-19-16-11-13(7-10-15(16)18)4-2-3-12-5-8-14(17)9-6-12/h2,4-11,17-18H,3H2,1H3. The van der Waals surface area contributed by atoms with Crippen molar-refractivity contribution in [3.8, 4) is 17.2 Å². The first-order chi connectivity index (χ1) is 9.19. The summed E-state index contributed by atoms with van der Waals surface area (Å²) in [7, 11) is 1.53. The number of allylic oxidation sites excluding steroid dienone is 1. The van der Waals surface area contributed by atoms with Gasteiger partial charge in [-0.05, 0) is 41.8 Å². The van der Waals surface area contributed by atoms with Crippen LogP contribution in [0.4, 0.5) is 0 Å². The molecule has 19 heavy (non-hydrogen) atoms. The molecule has 0 spiro atoms. The Kier molecular flexibility index (Phi) is 4.08. The fourth-order valence-electron chi connectivity index (χ4n) is 1.76. The van der Waals surface area contributed by atoms with Gasteiger partial charge in [0.25, 0.3) is 0 Å². The highest BCUT2D eigenvalue weighted by molar-refractivity contribution is 5.55. The van der Waals surface area contributed by atoms with Gasteiger partial charge in [0.05, 0.1) is 7.11 Å². The highest BCUT2D eigenvalue weighted by atomic mass is 16.5. The lowest BCUT2D eigenvalue weighted by molar-refractivity contribution is 0.373. The number of phenols is 2. The van der Waals surface area contributed by atoms with Gasteiger partial charge in [-0.25, -0.2) is 0 Å². The van der Waals surface area contributed by atoms with Crippen LogP contribution >= 0.6 is 0 Å². The van der Waals surface area contributed by atoms with Gasteiger partial charge in [0.15, 0.2) is 11.5 Å². The summed E-state index contributed by atoms with van der Waals surface area (Å²) in [6.07, 6.45) is 4.77. The van der Waals surface area contributed by atoms with E-state index >= 15 is 0 Å². The van der Waals surface area contributed by atoms with Crippen molar-refractivity contribution in [2.75, 3.05) is 7.11 Å². The molecule has 0 unspecified atom stereocenters. The van der Waals surface area contributed by atoms with Crippen molar-refractivity contribution in [3.05, 3.63) is 59.7 Å². The number of methoxy groups -OCH3 is 1. The Morgan fingerprint density at radius 1 is 1.05 bits per heavy atom. The van der Waals surface area contributed by atoms with Crippen molar-refractivity contribution in [1.29, 1.82) is 0 Å². The molecule has 0 amide bonds. The molecular formula is C16H16O3. The van der Waals surface area contributed by atoms with E-state index in [0.717, 1.165) is 17.5 Å². The van der Waals surface area contributed by atoms with Gasteiger partial charge in [0, 0.05) is 0 Å². The average Bonchev–Trinajstić information content (AvgIpc) is 2.43. The maximum absolute atomic E-state index is 9.49. The molecule has 0 fully saturated rings. The molecule has 0 saturated heterocycles. The van der Waals surface area contributed by atoms with Crippen molar-refractivity contribution in [3.63, 3.8) is 0 Å². The van der Waals surface area contributed by atoms with Crippen LogP contribution in [0.3, 0.4) is 0 Å². The third kappa shape index (κ3) is 3.52. The Morgan fingerprint density at radius 3 is 2.47 bits per heavy atom. The molecule has 0 heterocycles. The normalized spacial score (nSPS) is 10.8. The molecule has 2 N–H and O–H groups in total. The molecule has 3 heteroatoms. The van der Waals surface area contributed by atoms with Gasteiger partial charge in [-0.2, -0.15) is 0 Å². The van der Waals surface area contributed by atoms with E-state index in [-0.39, 0.29) is 11.5 Å². The van der Waals surface area contributed by atoms with Crippen LogP contribution in [0.5, 0.6) is 17.2 Å². The summed E-state index contributed by atoms with van der Waals surface area (Å²) in [5.74, 6) is 0.876. The first-order valence-corrected chi connectivity index (χ1v) is 6.00. The Morgan fingerprint density at radius 2 is 1.79 bits per heavy atom. The van der Waals surface area contributed by atoms with Crippen LogP contribution < -0.4 is 4.74 Å². The first-order valence-electron chi connectivity index (χ1n) is 6.00. The molecule has 2 rings (SSSR count). The molecule has 0 saturated carbocycles. The maximum atomic E-state index is 9.49. The van der Waals surface area contributed by atoms with Gasteiger partial charge in [0.1, 0.15) is 5.75 Å². The summed E-state index contributed by atoms with van der Waals surface area (Å²) in [6, 6.07) is 12.3. The molecule has 0 atom stereocenters. The number of hydrogen-bond acceptors (Lipinski definition) is 3. The zero-order chi connectivity index (χ0) is 13.7. The van der Waals surface area contributed by atoms with Crippen molar-refractivity contribution in [2.24, 2.45) is 0 Å². The first kappa shape index (κ1) is 13.0. The fourth-order valence-corrected chi connectivity index (χ4v) is 1.76. The molecule has 0 bridgehead atoms. The van der Waals surface area contributed by atoms with Gasteiger partial charge in [-0.3, -0.25) is 0 Å². The van der Waals surface area contributed by atoms with Crippen molar-refractivity contribution < 1.29 is 14.9 Å². The van der Waals surface area contributed by atoms with E-state index in [1.165, 1.54) is 7.11 Å². The second-order valence-electron chi connectivity index (χ2n) is 4.20. The highest BCUT2D eigenvalue weighted by Gasteiger charge is 2.00. The second kappa shape index (κ2) is 5.96. The van der Waals surface area contributed by atoms with Crippen molar-refractivity contribution in [2.45, 2.75) is 6.42 Å². The quantitative estimate of drug-likeness (QED) is 0.881. The van der Waals surface area contributed by atoms with Crippen LogP contribution in [0.1, 0.15) is 11.1 Å². The number of phenolic OH excluding ortho intramolecular Hbond substituents is 2. The van der Waals surface area contributed by atoms with Gasteiger partial charge in [0.2, 0.25) is 0 Å². The molecule has 0 aliphatic heterocycles. The summed E-state index contributed by atoms with van der Waals surface area (Å²) in [5.41, 5.74) is 2.09. The minimum absolute atomic E-state index is 0.137. The lowest BCUT2D eigenvalue weighted by Gasteiger charge is -2.03. The third-order valence-corrected chi connectivity index (χ3v) is 2.80. The molecule has 2 aromatic rings. The predicted octanol–water partition coefficient (Wildman–Crippen LogP) is 3.36. The Labute approximate surface area is 112 Å². The summed E-state index contributed by atoms with van der Waals surface area (Å²) in [6.45, 7) is 0. The SMILES string of the molecule is COc1cc(C=CCc2ccc(O)cc2)ccc1O. The van der Waals surface area contributed by atoms with Gasteiger partial charge >= 0.3 is 0 Å². The average molecular weight is 256 g/mol. The number of aromatic hydroxyl groups is 2. The zero-order valence-corrected chi connectivity index (χ0v) is 10.7. The number of benzene rings is 2. The van der Waals surface area contributed by atoms with Crippen LogP contribution in [0.25, 0.3) is 6.08 Å². The number of ether oxygens (including phenoxy) is 1. The van der Waals surface area contributed by atoms with E-state index in [4.69, 9.17) is 4.74 Å². The van der Waals surface area contributed by atoms with Crippen molar-refractivity contribution in [1.82, 2.24) is 0 Å². The van der Waals surface area contributed by atoms with Crippen LogP contribution in [0.2, 0.25) is 0 Å². The molecule has 98 valence electrons.